The first-order valence-electron chi connectivity index (χ1n) is 10.0. The van der Waals surface area contributed by atoms with Crippen molar-refractivity contribution < 1.29 is 4.79 Å². The van der Waals surface area contributed by atoms with Crippen LogP contribution in [0.5, 0.6) is 0 Å². The lowest BCUT2D eigenvalue weighted by atomic mass is 9.99. The van der Waals surface area contributed by atoms with Crippen LogP contribution in [0.25, 0.3) is 5.78 Å². The van der Waals surface area contributed by atoms with Crippen LogP contribution in [0.3, 0.4) is 0 Å². The summed E-state index contributed by atoms with van der Waals surface area (Å²) in [5.41, 5.74) is 6.48. The van der Waals surface area contributed by atoms with Crippen LogP contribution in [0.4, 0.5) is 0 Å². The number of hydrogen-bond donors (Lipinski definition) is 0. The van der Waals surface area contributed by atoms with Gasteiger partial charge in [-0.05, 0) is 52.4 Å². The number of benzene rings is 1. The smallest absolute Gasteiger partial charge is 0.253 e. The van der Waals surface area contributed by atoms with E-state index in [0.29, 0.717) is 17.4 Å². The minimum Gasteiger partial charge on any atom is -0.335 e. The average Bonchev–Trinajstić information content (AvgIpc) is 3.31. The Morgan fingerprint density at radius 2 is 1.86 bits per heavy atom. The monoisotopic (exact) mass is 409 g/mol. The van der Waals surface area contributed by atoms with Crippen molar-refractivity contribution in [1.29, 1.82) is 0 Å². The molecular weight excluding hydrogens is 382 g/mol. The highest BCUT2D eigenvalue weighted by atomic mass is 32.2. The van der Waals surface area contributed by atoms with Crippen molar-refractivity contribution in [3.63, 3.8) is 0 Å². The largest absolute Gasteiger partial charge is 0.335 e. The maximum atomic E-state index is 13.3. The third kappa shape index (κ3) is 3.75. The SMILES string of the molecule is CSc1nc2nc(C)c(CC(=O)N3CCCC3c3cc(C)cc(C)c3)c(C)n2n1. The van der Waals surface area contributed by atoms with Crippen LogP contribution in [0.2, 0.25) is 0 Å². The summed E-state index contributed by atoms with van der Waals surface area (Å²) in [6, 6.07) is 6.77. The fourth-order valence-electron chi connectivity index (χ4n) is 4.40. The molecule has 4 rings (SSSR count). The number of carbonyl (C=O) groups excluding carboxylic acids is 1. The van der Waals surface area contributed by atoms with Crippen molar-refractivity contribution in [2.24, 2.45) is 0 Å². The van der Waals surface area contributed by atoms with E-state index in [-0.39, 0.29) is 11.9 Å². The molecule has 2 aromatic heterocycles. The van der Waals surface area contributed by atoms with Gasteiger partial charge in [0.25, 0.3) is 5.78 Å². The molecule has 0 saturated carbocycles. The summed E-state index contributed by atoms with van der Waals surface area (Å²) in [5.74, 6) is 0.749. The van der Waals surface area contributed by atoms with E-state index in [1.165, 1.54) is 28.5 Å². The summed E-state index contributed by atoms with van der Waals surface area (Å²) in [5, 5.41) is 5.19. The van der Waals surface area contributed by atoms with Gasteiger partial charge in [0.05, 0.1) is 12.5 Å². The molecule has 0 spiro atoms. The zero-order valence-corrected chi connectivity index (χ0v) is 18.5. The van der Waals surface area contributed by atoms with Crippen LogP contribution in [0.15, 0.2) is 23.4 Å². The third-order valence-corrected chi connectivity index (χ3v) is 6.28. The number of likely N-dealkylation sites (tertiary alicyclic amines) is 1. The zero-order valence-electron chi connectivity index (χ0n) is 17.7. The molecule has 29 heavy (non-hydrogen) atoms. The van der Waals surface area contributed by atoms with Crippen LogP contribution in [-0.4, -0.2) is 43.2 Å². The van der Waals surface area contributed by atoms with Gasteiger partial charge in [0.2, 0.25) is 11.1 Å². The van der Waals surface area contributed by atoms with Gasteiger partial charge in [-0.3, -0.25) is 4.79 Å². The second kappa shape index (κ2) is 7.78. The molecule has 1 saturated heterocycles. The second-order valence-corrected chi connectivity index (χ2v) is 8.69. The molecule has 152 valence electrons. The summed E-state index contributed by atoms with van der Waals surface area (Å²) in [6.07, 6.45) is 4.35. The van der Waals surface area contributed by atoms with Gasteiger partial charge in [-0.25, -0.2) is 9.50 Å². The van der Waals surface area contributed by atoms with Crippen LogP contribution in [-0.2, 0) is 11.2 Å². The van der Waals surface area contributed by atoms with E-state index < -0.39 is 0 Å². The topological polar surface area (TPSA) is 63.4 Å². The molecule has 1 aromatic carbocycles. The van der Waals surface area contributed by atoms with Crippen LogP contribution >= 0.6 is 11.8 Å². The molecule has 3 heterocycles. The summed E-state index contributed by atoms with van der Waals surface area (Å²) >= 11 is 1.49. The fourth-order valence-corrected chi connectivity index (χ4v) is 4.74. The Hall–Kier alpha value is -2.41. The summed E-state index contributed by atoms with van der Waals surface area (Å²) in [4.78, 5) is 24.4. The number of fused-ring (bicyclic) bond motifs is 1. The van der Waals surface area contributed by atoms with Gasteiger partial charge in [-0.15, -0.1) is 5.10 Å². The summed E-state index contributed by atoms with van der Waals surface area (Å²) in [6.45, 7) is 8.99. The molecule has 1 aliphatic heterocycles. The first-order valence-corrected chi connectivity index (χ1v) is 11.2. The number of amides is 1. The highest BCUT2D eigenvalue weighted by Gasteiger charge is 2.31. The lowest BCUT2D eigenvalue weighted by Crippen LogP contribution is -2.32. The molecule has 1 unspecified atom stereocenters. The van der Waals surface area contributed by atoms with Crippen molar-refractivity contribution in [3.05, 3.63) is 51.8 Å². The van der Waals surface area contributed by atoms with Crippen molar-refractivity contribution >= 4 is 23.4 Å². The normalized spacial score (nSPS) is 16.7. The number of aromatic nitrogens is 4. The lowest BCUT2D eigenvalue weighted by molar-refractivity contribution is -0.131. The predicted octanol–water partition coefficient (Wildman–Crippen LogP) is 3.99. The van der Waals surface area contributed by atoms with Crippen LogP contribution < -0.4 is 0 Å². The van der Waals surface area contributed by atoms with Gasteiger partial charge in [0.15, 0.2) is 0 Å². The first kappa shape index (κ1) is 19.9. The zero-order chi connectivity index (χ0) is 20.7. The molecule has 0 bridgehead atoms. The van der Waals surface area contributed by atoms with Gasteiger partial charge >= 0.3 is 0 Å². The fraction of sp³-hybridized carbons (Fsp3) is 0.455. The Kier molecular flexibility index (Phi) is 5.34. The molecule has 3 aromatic rings. The van der Waals surface area contributed by atoms with Gasteiger partial charge in [-0.2, -0.15) is 4.98 Å². The second-order valence-electron chi connectivity index (χ2n) is 7.91. The van der Waals surface area contributed by atoms with Crippen molar-refractivity contribution in [1.82, 2.24) is 24.5 Å². The van der Waals surface area contributed by atoms with Crippen molar-refractivity contribution in [3.8, 4) is 0 Å². The van der Waals surface area contributed by atoms with Crippen molar-refractivity contribution in [2.45, 2.75) is 58.2 Å². The number of hydrogen-bond acceptors (Lipinski definition) is 5. The minimum absolute atomic E-state index is 0.157. The van der Waals surface area contributed by atoms with Gasteiger partial charge in [-0.1, -0.05) is 41.1 Å². The molecule has 1 amide bonds. The molecule has 7 heteroatoms. The minimum atomic E-state index is 0.157. The summed E-state index contributed by atoms with van der Waals surface area (Å²) in [7, 11) is 0. The molecular formula is C22H27N5OS. The molecule has 0 radical (unpaired) electrons. The highest BCUT2D eigenvalue weighted by molar-refractivity contribution is 7.98. The van der Waals surface area contributed by atoms with Gasteiger partial charge in [0.1, 0.15) is 0 Å². The predicted molar refractivity (Wildman–Crippen MR) is 115 cm³/mol. The number of carbonyl (C=O) groups is 1. The van der Waals surface area contributed by atoms with E-state index in [1.54, 1.807) is 4.52 Å². The number of aryl methyl sites for hydroxylation is 4. The number of thioether (sulfide) groups is 1. The Balaban J connectivity index is 1.63. The molecule has 1 atom stereocenters. The van der Waals surface area contributed by atoms with Gasteiger partial charge < -0.3 is 4.90 Å². The average molecular weight is 410 g/mol. The van der Waals surface area contributed by atoms with E-state index in [4.69, 9.17) is 0 Å². The molecule has 0 aliphatic carbocycles. The lowest BCUT2D eigenvalue weighted by Gasteiger charge is -2.26. The quantitative estimate of drug-likeness (QED) is 0.610. The van der Waals surface area contributed by atoms with Gasteiger partial charge in [0, 0.05) is 23.5 Å². The van der Waals surface area contributed by atoms with Crippen molar-refractivity contribution in [2.75, 3.05) is 12.8 Å². The van der Waals surface area contributed by atoms with E-state index in [0.717, 1.165) is 36.3 Å². The maximum absolute atomic E-state index is 13.3. The maximum Gasteiger partial charge on any atom is 0.253 e. The Morgan fingerprint density at radius 3 is 2.55 bits per heavy atom. The molecule has 1 fully saturated rings. The van der Waals surface area contributed by atoms with E-state index in [1.807, 2.05) is 25.0 Å². The Morgan fingerprint density at radius 1 is 1.14 bits per heavy atom. The Labute approximate surface area is 175 Å². The molecule has 0 N–H and O–H groups in total. The van der Waals surface area contributed by atoms with E-state index >= 15 is 0 Å². The third-order valence-electron chi connectivity index (χ3n) is 5.74. The Bertz CT molecular complexity index is 1070. The first-order chi connectivity index (χ1) is 13.9. The van der Waals surface area contributed by atoms with E-state index in [9.17, 15) is 4.79 Å². The number of nitrogens with zero attached hydrogens (tertiary/aromatic N) is 5. The van der Waals surface area contributed by atoms with Crippen LogP contribution in [0, 0.1) is 27.7 Å². The van der Waals surface area contributed by atoms with E-state index in [2.05, 4.69) is 47.1 Å². The highest BCUT2D eigenvalue weighted by Crippen LogP contribution is 2.33. The number of rotatable bonds is 4. The molecule has 1 aliphatic rings. The van der Waals surface area contributed by atoms with Crippen LogP contribution in [0.1, 0.15) is 52.5 Å². The summed E-state index contributed by atoms with van der Waals surface area (Å²) < 4.78 is 1.76. The standard InChI is InChI=1S/C22H27N5OS/c1-13-9-14(2)11-17(10-13)19-7-6-8-26(19)20(28)12-18-15(3)23-21-24-22(29-5)25-27(21)16(18)4/h9-11,19H,6-8,12H2,1-5H3. The molecule has 6 nitrogen and oxygen atoms in total.